The number of hydrogen-bond donors (Lipinski definition) is 1. The van der Waals surface area contributed by atoms with Crippen molar-refractivity contribution < 1.29 is 18.8 Å². The molecule has 6 nitrogen and oxygen atoms in total. The Hall–Kier alpha value is -1.97. The summed E-state index contributed by atoms with van der Waals surface area (Å²) in [5, 5.41) is 6.38. The van der Waals surface area contributed by atoms with E-state index in [0.717, 1.165) is 40.5 Å². The maximum Gasteiger partial charge on any atom is 0.280 e. The maximum atomic E-state index is 13.2. The predicted octanol–water partition coefficient (Wildman–Crippen LogP) is 3.93. The molecule has 1 saturated heterocycles. The summed E-state index contributed by atoms with van der Waals surface area (Å²) in [6.07, 6.45) is 4.26. The number of hydrogen-bond acceptors (Lipinski definition) is 7. The fourth-order valence-electron chi connectivity index (χ4n) is 2.62. The number of nitrogens with one attached hydrogen (secondary N) is 1. The number of nitrogens with zero attached hydrogens (tertiary/aromatic N) is 2. The van der Waals surface area contributed by atoms with Crippen molar-refractivity contribution in [3.63, 3.8) is 0 Å². The zero-order valence-corrected chi connectivity index (χ0v) is 16.7. The van der Waals surface area contributed by atoms with Crippen LogP contribution in [0.15, 0.2) is 40.5 Å². The van der Waals surface area contributed by atoms with Gasteiger partial charge < -0.3 is 9.57 Å². The van der Waals surface area contributed by atoms with Gasteiger partial charge in [-0.1, -0.05) is 28.6 Å². The standard InChI is InChI=1S/C19H20FN3O3S2/c20-16-9-21-19(28-16)22-18(24)17(23-26-14-7-8-25-10-14)13-3-5-15(6-4-13)27-11-12-1-2-12/h3-6,9,12,14H,1-2,7-8,10-11H2,(H,21,22,24)/t14-/m1/s1. The van der Waals surface area contributed by atoms with E-state index in [1.807, 2.05) is 36.0 Å². The van der Waals surface area contributed by atoms with Gasteiger partial charge in [-0.25, -0.2) is 4.98 Å². The van der Waals surface area contributed by atoms with Gasteiger partial charge in [-0.15, -0.1) is 11.8 Å². The first kappa shape index (κ1) is 19.4. The Bertz CT molecular complexity index is 846. The monoisotopic (exact) mass is 421 g/mol. The summed E-state index contributed by atoms with van der Waals surface area (Å²) >= 11 is 2.58. The molecule has 2 heterocycles. The normalized spacial score (nSPS) is 19.6. The molecule has 1 saturated carbocycles. The number of carbonyl (C=O) groups excluding carboxylic acids is 1. The summed E-state index contributed by atoms with van der Waals surface area (Å²) in [6, 6.07) is 7.66. The molecule has 0 unspecified atom stereocenters. The van der Waals surface area contributed by atoms with Crippen LogP contribution in [0.2, 0.25) is 0 Å². The Balaban J connectivity index is 1.49. The van der Waals surface area contributed by atoms with Crippen molar-refractivity contribution >= 4 is 39.8 Å². The van der Waals surface area contributed by atoms with Crippen molar-refractivity contribution in [3.05, 3.63) is 41.2 Å². The average Bonchev–Trinajstić information content (AvgIpc) is 3.21. The van der Waals surface area contributed by atoms with Gasteiger partial charge in [0.2, 0.25) is 0 Å². The molecule has 1 atom stereocenters. The number of halogens is 1. The smallest absolute Gasteiger partial charge is 0.280 e. The molecule has 2 aromatic rings. The zero-order valence-electron chi connectivity index (χ0n) is 15.1. The van der Waals surface area contributed by atoms with Crippen LogP contribution in [-0.2, 0) is 14.4 Å². The lowest BCUT2D eigenvalue weighted by molar-refractivity contribution is -0.110. The molecule has 0 spiro atoms. The SMILES string of the molecule is O=C(Nc1ncc(F)s1)C(=NO[C@@H]1CCOC1)c1ccc(SCC2CC2)cc1. The highest BCUT2D eigenvalue weighted by Gasteiger charge is 2.22. The van der Waals surface area contributed by atoms with E-state index in [-0.39, 0.29) is 16.9 Å². The topological polar surface area (TPSA) is 72.8 Å². The van der Waals surface area contributed by atoms with E-state index >= 15 is 0 Å². The molecule has 1 amide bonds. The Morgan fingerprint density at radius 1 is 1.36 bits per heavy atom. The van der Waals surface area contributed by atoms with Gasteiger partial charge in [0.05, 0.1) is 19.4 Å². The van der Waals surface area contributed by atoms with Crippen LogP contribution in [0.1, 0.15) is 24.8 Å². The molecular weight excluding hydrogens is 401 g/mol. The Kier molecular flexibility index (Phi) is 6.23. The molecule has 9 heteroatoms. The van der Waals surface area contributed by atoms with Crippen LogP contribution in [0.3, 0.4) is 0 Å². The Morgan fingerprint density at radius 2 is 2.18 bits per heavy atom. The van der Waals surface area contributed by atoms with E-state index in [0.29, 0.717) is 18.8 Å². The highest BCUT2D eigenvalue weighted by Crippen LogP contribution is 2.35. The molecule has 28 heavy (non-hydrogen) atoms. The van der Waals surface area contributed by atoms with Gasteiger partial charge in [0.25, 0.3) is 5.91 Å². The summed E-state index contributed by atoms with van der Waals surface area (Å²) in [6.45, 7) is 1.07. The summed E-state index contributed by atoms with van der Waals surface area (Å²) in [5.41, 5.74) is 0.755. The molecule has 2 fully saturated rings. The number of ether oxygens (including phenoxy) is 1. The minimum atomic E-state index is -0.494. The van der Waals surface area contributed by atoms with Crippen molar-refractivity contribution in [1.82, 2.24) is 4.98 Å². The Morgan fingerprint density at radius 3 is 2.82 bits per heavy atom. The van der Waals surface area contributed by atoms with E-state index in [1.165, 1.54) is 12.8 Å². The van der Waals surface area contributed by atoms with E-state index in [4.69, 9.17) is 9.57 Å². The first-order chi connectivity index (χ1) is 13.7. The number of anilines is 1. The fourth-order valence-corrected chi connectivity index (χ4v) is 4.25. The van der Waals surface area contributed by atoms with Crippen molar-refractivity contribution in [2.45, 2.75) is 30.3 Å². The number of benzene rings is 1. The van der Waals surface area contributed by atoms with Gasteiger partial charge in [0.15, 0.2) is 22.1 Å². The van der Waals surface area contributed by atoms with Gasteiger partial charge in [-0.3, -0.25) is 10.1 Å². The van der Waals surface area contributed by atoms with Crippen LogP contribution >= 0.6 is 23.1 Å². The minimum absolute atomic E-state index is 0.126. The number of oxime groups is 1. The summed E-state index contributed by atoms with van der Waals surface area (Å²) in [5.74, 6) is 1.47. The van der Waals surface area contributed by atoms with Crippen LogP contribution in [0.4, 0.5) is 9.52 Å². The lowest BCUT2D eigenvalue weighted by Gasteiger charge is -2.10. The molecule has 4 rings (SSSR count). The van der Waals surface area contributed by atoms with Gasteiger partial charge in [0, 0.05) is 22.6 Å². The average molecular weight is 422 g/mol. The highest BCUT2D eigenvalue weighted by molar-refractivity contribution is 7.99. The summed E-state index contributed by atoms with van der Waals surface area (Å²) in [4.78, 5) is 23.2. The zero-order chi connectivity index (χ0) is 19.3. The number of amides is 1. The number of thiazole rings is 1. The predicted molar refractivity (Wildman–Crippen MR) is 107 cm³/mol. The summed E-state index contributed by atoms with van der Waals surface area (Å²) in [7, 11) is 0. The largest absolute Gasteiger partial charge is 0.389 e. The third-order valence-corrected chi connectivity index (χ3v) is 6.35. The van der Waals surface area contributed by atoms with Gasteiger partial charge in [-0.05, 0) is 30.9 Å². The molecule has 1 aliphatic carbocycles. The first-order valence-corrected chi connectivity index (χ1v) is 10.9. The van der Waals surface area contributed by atoms with E-state index in [9.17, 15) is 9.18 Å². The number of carbonyl (C=O) groups is 1. The molecule has 2 aliphatic rings. The van der Waals surface area contributed by atoms with Crippen molar-refractivity contribution in [2.24, 2.45) is 11.1 Å². The molecule has 1 aromatic carbocycles. The molecule has 148 valence electrons. The van der Waals surface area contributed by atoms with Crippen LogP contribution in [-0.4, -0.2) is 41.7 Å². The van der Waals surface area contributed by atoms with Gasteiger partial charge in [0.1, 0.15) is 0 Å². The van der Waals surface area contributed by atoms with E-state index < -0.39 is 11.0 Å². The quantitative estimate of drug-likeness (QED) is 0.397. The fraction of sp³-hybridized carbons (Fsp3) is 0.421. The van der Waals surface area contributed by atoms with E-state index in [2.05, 4.69) is 15.5 Å². The second-order valence-electron chi connectivity index (χ2n) is 6.73. The van der Waals surface area contributed by atoms with Crippen LogP contribution in [0, 0.1) is 11.0 Å². The molecule has 1 N–H and O–H groups in total. The minimum Gasteiger partial charge on any atom is -0.389 e. The Labute approximate surface area is 170 Å². The van der Waals surface area contributed by atoms with Crippen molar-refractivity contribution in [1.29, 1.82) is 0 Å². The van der Waals surface area contributed by atoms with Crippen molar-refractivity contribution in [2.75, 3.05) is 24.3 Å². The van der Waals surface area contributed by atoms with Gasteiger partial charge >= 0.3 is 0 Å². The van der Waals surface area contributed by atoms with Crippen molar-refractivity contribution in [3.8, 4) is 0 Å². The van der Waals surface area contributed by atoms with Crippen LogP contribution < -0.4 is 5.32 Å². The van der Waals surface area contributed by atoms with Crippen LogP contribution in [0.25, 0.3) is 0 Å². The molecule has 1 aromatic heterocycles. The number of aromatic nitrogens is 1. The second-order valence-corrected chi connectivity index (χ2v) is 8.81. The third kappa shape index (κ3) is 5.30. The molecule has 0 bridgehead atoms. The molecular formula is C19H20FN3O3S2. The maximum absolute atomic E-state index is 13.2. The number of rotatable bonds is 8. The molecule has 1 aliphatic heterocycles. The molecule has 0 radical (unpaired) electrons. The van der Waals surface area contributed by atoms with Crippen LogP contribution in [0.5, 0.6) is 0 Å². The summed E-state index contributed by atoms with van der Waals surface area (Å²) < 4.78 is 18.4. The lowest BCUT2D eigenvalue weighted by atomic mass is 10.1. The third-order valence-electron chi connectivity index (χ3n) is 4.40. The van der Waals surface area contributed by atoms with E-state index in [1.54, 1.807) is 0 Å². The first-order valence-electron chi connectivity index (χ1n) is 9.15. The van der Waals surface area contributed by atoms with Gasteiger partial charge in [-0.2, -0.15) is 4.39 Å². The second kappa shape index (κ2) is 9.02. The number of thioether (sulfide) groups is 1. The lowest BCUT2D eigenvalue weighted by Crippen LogP contribution is -2.25. The highest BCUT2D eigenvalue weighted by atomic mass is 32.2.